The van der Waals surface area contributed by atoms with Gasteiger partial charge in [0.2, 0.25) is 0 Å². The van der Waals surface area contributed by atoms with E-state index in [1.165, 1.54) is 12.8 Å². The number of amides is 1. The van der Waals surface area contributed by atoms with Gasteiger partial charge < -0.3 is 15.4 Å². The van der Waals surface area contributed by atoms with E-state index in [9.17, 15) is 4.79 Å². The molecule has 0 unspecified atom stereocenters. The number of carbonyl (C=O) groups is 1. The van der Waals surface area contributed by atoms with E-state index < -0.39 is 0 Å². The highest BCUT2D eigenvalue weighted by atomic mass is 16.5. The first kappa shape index (κ1) is 19.0. The van der Waals surface area contributed by atoms with Crippen LogP contribution in [-0.2, 0) is 16.1 Å². The second-order valence-corrected chi connectivity index (χ2v) is 7.48. The number of hydrogen-bond donors (Lipinski definition) is 1. The van der Waals surface area contributed by atoms with Crippen LogP contribution in [0.2, 0.25) is 0 Å². The molecule has 7 heteroatoms. The first-order valence-corrected chi connectivity index (χ1v) is 9.78. The molecule has 2 fully saturated rings. The first-order chi connectivity index (χ1) is 12.6. The van der Waals surface area contributed by atoms with E-state index >= 15 is 0 Å². The van der Waals surface area contributed by atoms with E-state index in [1.54, 1.807) is 12.3 Å². The molecule has 3 rings (SSSR count). The molecule has 2 atom stereocenters. The molecule has 1 aromatic rings. The Labute approximate surface area is 155 Å². The summed E-state index contributed by atoms with van der Waals surface area (Å²) in [6, 6.07) is 2.00. The predicted molar refractivity (Wildman–Crippen MR) is 100 cm³/mol. The topological polar surface area (TPSA) is 84.6 Å². The van der Waals surface area contributed by atoms with Crippen molar-refractivity contribution in [2.75, 3.05) is 25.9 Å². The molecule has 7 nitrogen and oxygen atoms in total. The van der Waals surface area contributed by atoms with Gasteiger partial charge in [-0.25, -0.2) is 9.97 Å². The second-order valence-electron chi connectivity index (χ2n) is 7.48. The van der Waals surface area contributed by atoms with Crippen molar-refractivity contribution in [1.29, 1.82) is 0 Å². The largest absolute Gasteiger partial charge is 0.384 e. The molecule has 0 radical (unpaired) electrons. The Bertz CT molecular complexity index is 605. The van der Waals surface area contributed by atoms with Crippen LogP contribution >= 0.6 is 0 Å². The first-order valence-electron chi connectivity index (χ1n) is 9.78. The van der Waals surface area contributed by atoms with Crippen LogP contribution in [0.5, 0.6) is 0 Å². The third-order valence-electron chi connectivity index (χ3n) is 5.52. The van der Waals surface area contributed by atoms with Gasteiger partial charge >= 0.3 is 0 Å². The number of likely N-dealkylation sites (tertiary alicyclic amines) is 1. The molecule has 0 spiro atoms. The molecule has 1 aliphatic heterocycles. The minimum absolute atomic E-state index is 0.149. The molecule has 1 saturated heterocycles. The number of ether oxygens (including phenoxy) is 1. The highest BCUT2D eigenvalue weighted by Gasteiger charge is 2.34. The van der Waals surface area contributed by atoms with Gasteiger partial charge in [-0.15, -0.1) is 0 Å². The van der Waals surface area contributed by atoms with Gasteiger partial charge in [0.25, 0.3) is 5.91 Å². The van der Waals surface area contributed by atoms with E-state index in [1.807, 2.05) is 11.8 Å². The van der Waals surface area contributed by atoms with Crippen molar-refractivity contribution in [1.82, 2.24) is 19.8 Å². The van der Waals surface area contributed by atoms with Gasteiger partial charge in [0.15, 0.2) is 0 Å². The van der Waals surface area contributed by atoms with Crippen molar-refractivity contribution < 1.29 is 9.53 Å². The van der Waals surface area contributed by atoms with Gasteiger partial charge in [-0.1, -0.05) is 19.8 Å². The van der Waals surface area contributed by atoms with Crippen molar-refractivity contribution in [3.63, 3.8) is 0 Å². The summed E-state index contributed by atoms with van der Waals surface area (Å²) in [7, 11) is 2.05. The van der Waals surface area contributed by atoms with Crippen molar-refractivity contribution >= 4 is 11.7 Å². The molecule has 144 valence electrons. The van der Waals surface area contributed by atoms with Crippen molar-refractivity contribution in [2.24, 2.45) is 0 Å². The lowest BCUT2D eigenvalue weighted by atomic mass is 10.2. The number of nitrogen functional groups attached to an aromatic ring is 1. The van der Waals surface area contributed by atoms with Crippen LogP contribution in [-0.4, -0.2) is 64.1 Å². The Morgan fingerprint density at radius 3 is 2.88 bits per heavy atom. The summed E-state index contributed by atoms with van der Waals surface area (Å²) in [5.74, 6) is 1.35. The zero-order chi connectivity index (χ0) is 18.5. The van der Waals surface area contributed by atoms with Crippen molar-refractivity contribution in [3.05, 3.63) is 18.1 Å². The maximum atomic E-state index is 12.9. The number of aromatic nitrogens is 2. The van der Waals surface area contributed by atoms with E-state index in [4.69, 9.17) is 10.5 Å². The molecule has 1 aromatic heterocycles. The zero-order valence-electron chi connectivity index (χ0n) is 15.9. The van der Waals surface area contributed by atoms with E-state index in [0.717, 1.165) is 38.8 Å². The molecule has 26 heavy (non-hydrogen) atoms. The fourth-order valence-electron chi connectivity index (χ4n) is 3.93. The van der Waals surface area contributed by atoms with Gasteiger partial charge in [-0.2, -0.15) is 0 Å². The maximum Gasteiger partial charge on any atom is 0.251 e. The van der Waals surface area contributed by atoms with Crippen LogP contribution in [0.1, 0.15) is 51.3 Å². The van der Waals surface area contributed by atoms with Gasteiger partial charge in [0, 0.05) is 25.3 Å². The zero-order valence-corrected chi connectivity index (χ0v) is 15.9. The second kappa shape index (κ2) is 8.77. The summed E-state index contributed by atoms with van der Waals surface area (Å²) in [5.41, 5.74) is 5.73. The number of anilines is 1. The summed E-state index contributed by atoms with van der Waals surface area (Å²) < 4.78 is 6.10. The lowest BCUT2D eigenvalue weighted by molar-refractivity contribution is -0.146. The van der Waals surface area contributed by atoms with Crippen LogP contribution in [0.3, 0.4) is 0 Å². The summed E-state index contributed by atoms with van der Waals surface area (Å²) in [6.07, 6.45) is 7.99. The Morgan fingerprint density at radius 1 is 1.42 bits per heavy atom. The molecular formula is C19H31N5O2. The molecule has 0 aromatic carbocycles. The van der Waals surface area contributed by atoms with Gasteiger partial charge in [-0.3, -0.25) is 9.69 Å². The monoisotopic (exact) mass is 361 g/mol. The molecule has 2 N–H and O–H groups in total. The Hall–Kier alpha value is -1.73. The minimum atomic E-state index is -0.292. The smallest absolute Gasteiger partial charge is 0.251 e. The van der Waals surface area contributed by atoms with Crippen LogP contribution in [0, 0.1) is 0 Å². The number of carbonyl (C=O) groups excluding carboxylic acids is 1. The summed E-state index contributed by atoms with van der Waals surface area (Å²) in [4.78, 5) is 25.6. The SMILES string of the molecule is CC[C@@H](OC1CCCC1)C(=O)N1CC[C@H](N(C)Cc2nccc(N)n2)C1. The van der Waals surface area contributed by atoms with Gasteiger partial charge in [-0.05, 0) is 38.8 Å². The lowest BCUT2D eigenvalue weighted by Gasteiger charge is -2.27. The molecule has 1 saturated carbocycles. The third-order valence-corrected chi connectivity index (χ3v) is 5.52. The lowest BCUT2D eigenvalue weighted by Crippen LogP contribution is -2.42. The average molecular weight is 361 g/mol. The Kier molecular flexibility index (Phi) is 6.43. The Balaban J connectivity index is 1.52. The predicted octanol–water partition coefficient (Wildman–Crippen LogP) is 1.83. The fourth-order valence-corrected chi connectivity index (χ4v) is 3.93. The minimum Gasteiger partial charge on any atom is -0.384 e. The Morgan fingerprint density at radius 2 is 2.19 bits per heavy atom. The number of hydrogen-bond acceptors (Lipinski definition) is 6. The molecule has 0 bridgehead atoms. The maximum absolute atomic E-state index is 12.9. The quantitative estimate of drug-likeness (QED) is 0.797. The standard InChI is InChI=1S/C19H31N5O2/c1-3-16(26-15-6-4-5-7-15)19(25)24-11-9-14(12-24)23(2)13-18-21-10-8-17(20)22-18/h8,10,14-16H,3-7,9,11-13H2,1-2H3,(H2,20,21,22)/t14-,16+/m0/s1. The number of nitrogens with two attached hydrogens (primary N) is 1. The highest BCUT2D eigenvalue weighted by molar-refractivity contribution is 5.81. The summed E-state index contributed by atoms with van der Waals surface area (Å²) in [5, 5.41) is 0. The third kappa shape index (κ3) is 4.71. The highest BCUT2D eigenvalue weighted by Crippen LogP contribution is 2.25. The van der Waals surface area contributed by atoms with Crippen LogP contribution in [0.15, 0.2) is 12.3 Å². The summed E-state index contributed by atoms with van der Waals surface area (Å²) in [6.45, 7) is 4.19. The molecule has 2 aliphatic rings. The molecular weight excluding hydrogens is 330 g/mol. The molecule has 1 aliphatic carbocycles. The number of rotatable bonds is 7. The number of nitrogens with zero attached hydrogens (tertiary/aromatic N) is 4. The van der Waals surface area contributed by atoms with Crippen molar-refractivity contribution in [2.45, 2.75) is 70.2 Å². The normalized spacial score (nSPS) is 22.3. The van der Waals surface area contributed by atoms with E-state index in [-0.39, 0.29) is 18.1 Å². The average Bonchev–Trinajstić information content (AvgIpc) is 3.31. The summed E-state index contributed by atoms with van der Waals surface area (Å²) >= 11 is 0. The van der Waals surface area contributed by atoms with Crippen LogP contribution < -0.4 is 5.73 Å². The van der Waals surface area contributed by atoms with E-state index in [0.29, 0.717) is 24.2 Å². The van der Waals surface area contributed by atoms with Crippen LogP contribution in [0.25, 0.3) is 0 Å². The van der Waals surface area contributed by atoms with Gasteiger partial charge in [0.05, 0.1) is 12.6 Å². The van der Waals surface area contributed by atoms with Gasteiger partial charge in [0.1, 0.15) is 17.7 Å². The molecule has 2 heterocycles. The fraction of sp³-hybridized carbons (Fsp3) is 0.737. The van der Waals surface area contributed by atoms with Crippen molar-refractivity contribution in [3.8, 4) is 0 Å². The van der Waals surface area contributed by atoms with E-state index in [2.05, 4.69) is 21.9 Å². The molecule has 1 amide bonds. The number of likely N-dealkylation sites (N-methyl/N-ethyl adjacent to an activating group) is 1. The van der Waals surface area contributed by atoms with Crippen LogP contribution in [0.4, 0.5) is 5.82 Å².